The summed E-state index contributed by atoms with van der Waals surface area (Å²) in [5, 5.41) is 2.92. The summed E-state index contributed by atoms with van der Waals surface area (Å²) < 4.78 is 1.65. The summed E-state index contributed by atoms with van der Waals surface area (Å²) in [4.78, 5) is 26.5. The SMILES string of the molecule is CC(C)(C)NC(=O)c1ccc(=O)n(CCN2CCCCC2)c1. The van der Waals surface area contributed by atoms with Crippen molar-refractivity contribution in [2.45, 2.75) is 52.1 Å². The van der Waals surface area contributed by atoms with Crippen LogP contribution in [0.15, 0.2) is 23.1 Å². The summed E-state index contributed by atoms with van der Waals surface area (Å²) in [7, 11) is 0. The molecule has 0 aliphatic carbocycles. The summed E-state index contributed by atoms with van der Waals surface area (Å²) >= 11 is 0. The smallest absolute Gasteiger partial charge is 0.253 e. The highest BCUT2D eigenvalue weighted by Gasteiger charge is 2.16. The lowest BCUT2D eigenvalue weighted by Gasteiger charge is -2.26. The van der Waals surface area contributed by atoms with Crippen molar-refractivity contribution < 1.29 is 4.79 Å². The Kier molecular flexibility index (Phi) is 5.40. The molecule has 5 heteroatoms. The number of hydrogen-bond donors (Lipinski definition) is 1. The molecule has 1 aromatic rings. The van der Waals surface area contributed by atoms with E-state index >= 15 is 0 Å². The van der Waals surface area contributed by atoms with E-state index in [-0.39, 0.29) is 17.0 Å². The van der Waals surface area contributed by atoms with Gasteiger partial charge in [-0.3, -0.25) is 9.59 Å². The third kappa shape index (κ3) is 4.98. The lowest BCUT2D eigenvalue weighted by atomic mass is 10.1. The van der Waals surface area contributed by atoms with Crippen LogP contribution in [0.1, 0.15) is 50.4 Å². The first-order valence-electron chi connectivity index (χ1n) is 8.10. The van der Waals surface area contributed by atoms with Crippen LogP contribution in [-0.4, -0.2) is 40.5 Å². The molecule has 1 aliphatic heterocycles. The molecule has 2 heterocycles. The molecular weight excluding hydrogens is 278 g/mol. The maximum atomic E-state index is 12.2. The number of nitrogens with one attached hydrogen (secondary N) is 1. The molecule has 0 unspecified atom stereocenters. The molecule has 0 saturated carbocycles. The molecule has 1 N–H and O–H groups in total. The Labute approximate surface area is 132 Å². The minimum atomic E-state index is -0.286. The molecule has 0 bridgehead atoms. The zero-order valence-electron chi connectivity index (χ0n) is 13.9. The number of piperidine rings is 1. The van der Waals surface area contributed by atoms with Crippen LogP contribution in [-0.2, 0) is 6.54 Å². The monoisotopic (exact) mass is 305 g/mol. The van der Waals surface area contributed by atoms with Gasteiger partial charge in [-0.05, 0) is 52.8 Å². The summed E-state index contributed by atoms with van der Waals surface area (Å²) in [6.07, 6.45) is 5.46. The van der Waals surface area contributed by atoms with Gasteiger partial charge >= 0.3 is 0 Å². The van der Waals surface area contributed by atoms with Crippen LogP contribution in [0.3, 0.4) is 0 Å². The molecule has 0 aromatic carbocycles. The molecule has 0 radical (unpaired) electrons. The third-order valence-corrected chi connectivity index (χ3v) is 3.84. The first kappa shape index (κ1) is 16.7. The summed E-state index contributed by atoms with van der Waals surface area (Å²) in [6.45, 7) is 9.55. The summed E-state index contributed by atoms with van der Waals surface area (Å²) in [5.41, 5.74) is 0.198. The number of carbonyl (C=O) groups excluding carboxylic acids is 1. The highest BCUT2D eigenvalue weighted by molar-refractivity contribution is 5.94. The molecule has 1 aromatic heterocycles. The van der Waals surface area contributed by atoms with Crippen molar-refractivity contribution in [3.63, 3.8) is 0 Å². The lowest BCUT2D eigenvalue weighted by molar-refractivity contribution is 0.0918. The highest BCUT2D eigenvalue weighted by atomic mass is 16.2. The van der Waals surface area contributed by atoms with Gasteiger partial charge in [0, 0.05) is 30.9 Å². The Bertz CT molecular complexity index is 566. The van der Waals surface area contributed by atoms with Crippen LogP contribution in [0.4, 0.5) is 0 Å². The standard InChI is InChI=1S/C17H27N3O2/c1-17(2,3)18-16(22)14-7-8-15(21)20(13-14)12-11-19-9-5-4-6-10-19/h7-8,13H,4-6,9-12H2,1-3H3,(H,18,22). The predicted octanol–water partition coefficient (Wildman–Crippen LogP) is 1.86. The molecule has 1 amide bonds. The number of amides is 1. The second kappa shape index (κ2) is 7.09. The predicted molar refractivity (Wildman–Crippen MR) is 88.2 cm³/mol. The molecule has 1 fully saturated rings. The van der Waals surface area contributed by atoms with Gasteiger partial charge in [-0.15, -0.1) is 0 Å². The fourth-order valence-electron chi connectivity index (χ4n) is 2.69. The quantitative estimate of drug-likeness (QED) is 0.924. The summed E-state index contributed by atoms with van der Waals surface area (Å²) in [6, 6.07) is 3.08. The van der Waals surface area contributed by atoms with Crippen molar-refractivity contribution in [1.29, 1.82) is 0 Å². The Morgan fingerprint density at radius 1 is 1.14 bits per heavy atom. The third-order valence-electron chi connectivity index (χ3n) is 3.84. The normalized spacial score (nSPS) is 16.5. The fourth-order valence-corrected chi connectivity index (χ4v) is 2.69. The Hall–Kier alpha value is -1.62. The molecule has 122 valence electrons. The van der Waals surface area contributed by atoms with Crippen molar-refractivity contribution in [2.75, 3.05) is 19.6 Å². The van der Waals surface area contributed by atoms with E-state index in [1.807, 2.05) is 20.8 Å². The van der Waals surface area contributed by atoms with Crippen LogP contribution >= 0.6 is 0 Å². The minimum absolute atomic E-state index is 0.0516. The molecule has 22 heavy (non-hydrogen) atoms. The maximum absolute atomic E-state index is 12.2. The molecule has 5 nitrogen and oxygen atoms in total. The van der Waals surface area contributed by atoms with E-state index in [2.05, 4.69) is 10.2 Å². The first-order chi connectivity index (χ1) is 10.3. The average molecular weight is 305 g/mol. The van der Waals surface area contributed by atoms with E-state index in [4.69, 9.17) is 0 Å². The van der Waals surface area contributed by atoms with Crippen molar-refractivity contribution in [1.82, 2.24) is 14.8 Å². The van der Waals surface area contributed by atoms with Crippen LogP contribution in [0.5, 0.6) is 0 Å². The van der Waals surface area contributed by atoms with Gasteiger partial charge in [0.05, 0.1) is 5.56 Å². The van der Waals surface area contributed by atoms with Crippen molar-refractivity contribution in [3.8, 4) is 0 Å². The zero-order chi connectivity index (χ0) is 16.2. The first-order valence-corrected chi connectivity index (χ1v) is 8.10. The summed E-state index contributed by atoms with van der Waals surface area (Å²) in [5.74, 6) is -0.140. The number of nitrogens with zero attached hydrogens (tertiary/aromatic N) is 2. The van der Waals surface area contributed by atoms with Gasteiger partial charge in [0.15, 0.2) is 0 Å². The van der Waals surface area contributed by atoms with Gasteiger partial charge in [-0.2, -0.15) is 0 Å². The minimum Gasteiger partial charge on any atom is -0.347 e. The Balaban J connectivity index is 2.03. The number of rotatable bonds is 4. The van der Waals surface area contributed by atoms with Crippen LogP contribution in [0.25, 0.3) is 0 Å². The number of aromatic nitrogens is 1. The van der Waals surface area contributed by atoms with E-state index in [0.29, 0.717) is 12.1 Å². The maximum Gasteiger partial charge on any atom is 0.253 e. The zero-order valence-corrected chi connectivity index (χ0v) is 13.9. The average Bonchev–Trinajstić information content (AvgIpc) is 2.45. The molecule has 0 spiro atoms. The highest BCUT2D eigenvalue weighted by Crippen LogP contribution is 2.08. The van der Waals surface area contributed by atoms with Gasteiger partial charge in [0.25, 0.3) is 11.5 Å². The van der Waals surface area contributed by atoms with E-state index in [9.17, 15) is 9.59 Å². The molecule has 1 saturated heterocycles. The van der Waals surface area contributed by atoms with Crippen LogP contribution in [0, 0.1) is 0 Å². The molecule has 2 rings (SSSR count). The fraction of sp³-hybridized carbons (Fsp3) is 0.647. The van der Waals surface area contributed by atoms with Gasteiger partial charge in [-0.1, -0.05) is 6.42 Å². The van der Waals surface area contributed by atoms with Crippen molar-refractivity contribution in [3.05, 3.63) is 34.2 Å². The molecule has 1 aliphatic rings. The Morgan fingerprint density at radius 2 is 1.82 bits per heavy atom. The van der Waals surface area contributed by atoms with Crippen molar-refractivity contribution in [2.24, 2.45) is 0 Å². The van der Waals surface area contributed by atoms with Crippen LogP contribution in [0.2, 0.25) is 0 Å². The molecular formula is C17H27N3O2. The Morgan fingerprint density at radius 3 is 2.45 bits per heavy atom. The second-order valence-corrected chi connectivity index (χ2v) is 7.06. The molecule has 0 atom stereocenters. The number of pyridine rings is 1. The largest absolute Gasteiger partial charge is 0.347 e. The number of carbonyl (C=O) groups is 1. The van der Waals surface area contributed by atoms with Gasteiger partial charge in [0.2, 0.25) is 0 Å². The van der Waals surface area contributed by atoms with Crippen LogP contribution < -0.4 is 10.9 Å². The van der Waals surface area contributed by atoms with E-state index < -0.39 is 0 Å². The van der Waals surface area contributed by atoms with Gasteiger partial charge in [0.1, 0.15) is 0 Å². The van der Waals surface area contributed by atoms with Crippen molar-refractivity contribution >= 4 is 5.91 Å². The lowest BCUT2D eigenvalue weighted by Crippen LogP contribution is -2.41. The van der Waals surface area contributed by atoms with E-state index in [1.54, 1.807) is 16.8 Å². The second-order valence-electron chi connectivity index (χ2n) is 7.06. The van der Waals surface area contributed by atoms with E-state index in [0.717, 1.165) is 19.6 Å². The number of hydrogen-bond acceptors (Lipinski definition) is 3. The van der Waals surface area contributed by atoms with Gasteiger partial charge < -0.3 is 14.8 Å². The topological polar surface area (TPSA) is 54.3 Å². The van der Waals surface area contributed by atoms with Gasteiger partial charge in [-0.25, -0.2) is 0 Å². The van der Waals surface area contributed by atoms with E-state index in [1.165, 1.54) is 25.3 Å². The number of likely N-dealkylation sites (tertiary alicyclic amines) is 1.